The molecule has 35 heavy (non-hydrogen) atoms. The number of carbonyl (C=O) groups is 1. The van der Waals surface area contributed by atoms with E-state index in [9.17, 15) is 10.1 Å². The van der Waals surface area contributed by atoms with Crippen LogP contribution in [0.2, 0.25) is 5.02 Å². The lowest BCUT2D eigenvalue weighted by Gasteiger charge is -2.34. The molecule has 0 bridgehead atoms. The maximum atomic E-state index is 13.1. The smallest absolute Gasteiger partial charge is 0.235 e. The third-order valence-corrected chi connectivity index (χ3v) is 6.93. The van der Waals surface area contributed by atoms with Crippen molar-refractivity contribution in [1.82, 2.24) is 9.88 Å². The lowest BCUT2D eigenvalue weighted by molar-refractivity contribution is -0.133. The van der Waals surface area contributed by atoms with E-state index < -0.39 is 0 Å². The summed E-state index contributed by atoms with van der Waals surface area (Å²) in [4.78, 5) is 21.4. The molecule has 1 aliphatic heterocycles. The average Bonchev–Trinajstić information content (AvgIpc) is 3.55. The molecule has 2 atom stereocenters. The van der Waals surface area contributed by atoms with Crippen molar-refractivity contribution in [3.8, 4) is 6.07 Å². The van der Waals surface area contributed by atoms with Crippen LogP contribution in [-0.4, -0.2) is 42.0 Å². The number of aryl methyl sites for hydroxylation is 2. The summed E-state index contributed by atoms with van der Waals surface area (Å²) in [6, 6.07) is 16.1. The Morgan fingerprint density at radius 3 is 2.43 bits per heavy atom. The molecule has 2 fully saturated rings. The van der Waals surface area contributed by atoms with Gasteiger partial charge in [-0.3, -0.25) is 4.79 Å². The molecule has 0 radical (unpaired) electrons. The van der Waals surface area contributed by atoms with Crippen LogP contribution >= 0.6 is 11.6 Å². The van der Waals surface area contributed by atoms with Crippen LogP contribution in [-0.2, 0) is 4.79 Å². The molecule has 2 unspecified atom stereocenters. The van der Waals surface area contributed by atoms with E-state index in [4.69, 9.17) is 16.0 Å². The van der Waals surface area contributed by atoms with Crippen LogP contribution in [0.15, 0.2) is 46.9 Å². The zero-order valence-corrected chi connectivity index (χ0v) is 20.6. The standard InChI is InChI=1S/C28H27ClN4O2/c1-18-13-19(2)15-21(14-18)23-16-24(23)27(34)32-9-11-33(12-10-32)28-25(17-30)31-26(35-28)8-5-20-3-6-22(29)7-4-20/h3-8,13-15,23-24H,9-12,16H2,1-2H3/b8-5+. The van der Waals surface area contributed by atoms with E-state index in [1.165, 1.54) is 16.7 Å². The van der Waals surface area contributed by atoms with Crippen molar-refractivity contribution in [1.29, 1.82) is 5.26 Å². The number of carbonyl (C=O) groups excluding carboxylic acids is 1. The van der Waals surface area contributed by atoms with Crippen molar-refractivity contribution in [3.05, 3.63) is 81.3 Å². The van der Waals surface area contributed by atoms with E-state index in [0.29, 0.717) is 48.9 Å². The number of anilines is 1. The van der Waals surface area contributed by atoms with Gasteiger partial charge in [-0.15, -0.1) is 0 Å². The monoisotopic (exact) mass is 486 g/mol. The predicted octanol–water partition coefficient (Wildman–Crippen LogP) is 5.44. The second-order valence-corrected chi connectivity index (χ2v) is 9.82. The highest BCUT2D eigenvalue weighted by atomic mass is 35.5. The molecule has 1 amide bonds. The highest BCUT2D eigenvalue weighted by Gasteiger charge is 2.46. The van der Waals surface area contributed by atoms with Gasteiger partial charge in [-0.25, -0.2) is 0 Å². The van der Waals surface area contributed by atoms with Gasteiger partial charge in [0.2, 0.25) is 23.4 Å². The largest absolute Gasteiger partial charge is 0.420 e. The first-order chi connectivity index (χ1) is 16.9. The van der Waals surface area contributed by atoms with Gasteiger partial charge >= 0.3 is 0 Å². The maximum absolute atomic E-state index is 13.1. The first-order valence-electron chi connectivity index (χ1n) is 11.9. The minimum Gasteiger partial charge on any atom is -0.420 e. The SMILES string of the molecule is Cc1cc(C)cc(C2CC2C(=O)N2CCN(c3oc(/C=C/c4ccc(Cl)cc4)nc3C#N)CC2)c1. The molecule has 1 saturated carbocycles. The summed E-state index contributed by atoms with van der Waals surface area (Å²) in [5, 5.41) is 10.2. The molecule has 6 nitrogen and oxygen atoms in total. The minimum absolute atomic E-state index is 0.0762. The first kappa shape index (κ1) is 23.2. The lowest BCUT2D eigenvalue weighted by Crippen LogP contribution is -2.49. The highest BCUT2D eigenvalue weighted by molar-refractivity contribution is 6.30. The van der Waals surface area contributed by atoms with Crippen molar-refractivity contribution in [2.75, 3.05) is 31.1 Å². The molecule has 5 rings (SSSR count). The van der Waals surface area contributed by atoms with Gasteiger partial charge in [0.15, 0.2) is 0 Å². The fraction of sp³-hybridized carbons (Fsp3) is 0.321. The van der Waals surface area contributed by atoms with E-state index >= 15 is 0 Å². The van der Waals surface area contributed by atoms with Gasteiger partial charge in [-0.05, 0) is 55.5 Å². The van der Waals surface area contributed by atoms with Crippen molar-refractivity contribution >= 4 is 35.5 Å². The molecule has 0 spiro atoms. The molecule has 7 heteroatoms. The molecule has 178 valence electrons. The quantitative estimate of drug-likeness (QED) is 0.480. The van der Waals surface area contributed by atoms with Crippen molar-refractivity contribution in [3.63, 3.8) is 0 Å². The molecule has 2 heterocycles. The van der Waals surface area contributed by atoms with Gasteiger partial charge in [0, 0.05) is 43.2 Å². The number of amides is 1. The number of aromatic nitrogens is 1. The van der Waals surface area contributed by atoms with E-state index in [1.807, 2.05) is 40.1 Å². The molecule has 2 aliphatic rings. The fourth-order valence-electron chi connectivity index (χ4n) is 4.85. The van der Waals surface area contributed by atoms with Crippen LogP contribution < -0.4 is 4.90 Å². The number of hydrogen-bond donors (Lipinski definition) is 0. The summed E-state index contributed by atoms with van der Waals surface area (Å²) in [6.45, 7) is 6.64. The summed E-state index contributed by atoms with van der Waals surface area (Å²) in [5.74, 6) is 1.48. The zero-order chi connectivity index (χ0) is 24.5. The number of nitriles is 1. The highest BCUT2D eigenvalue weighted by Crippen LogP contribution is 2.49. The molecular weight excluding hydrogens is 460 g/mol. The lowest BCUT2D eigenvalue weighted by atomic mass is 10.0. The van der Waals surface area contributed by atoms with Gasteiger partial charge in [-0.2, -0.15) is 10.2 Å². The normalized spacial score (nSPS) is 19.7. The van der Waals surface area contributed by atoms with Gasteiger partial charge < -0.3 is 14.2 Å². The number of piperazine rings is 1. The van der Waals surface area contributed by atoms with E-state index in [-0.39, 0.29) is 17.5 Å². The first-order valence-corrected chi connectivity index (χ1v) is 12.3. The number of nitrogens with zero attached hydrogens (tertiary/aromatic N) is 4. The number of oxazole rings is 1. The summed E-state index contributed by atoms with van der Waals surface area (Å²) in [7, 11) is 0. The number of halogens is 1. The topological polar surface area (TPSA) is 73.4 Å². The van der Waals surface area contributed by atoms with Crippen LogP contribution in [0.1, 0.15) is 46.2 Å². The summed E-state index contributed by atoms with van der Waals surface area (Å²) in [5.41, 5.74) is 4.99. The van der Waals surface area contributed by atoms with Gasteiger partial charge in [0.05, 0.1) is 0 Å². The number of hydrogen-bond acceptors (Lipinski definition) is 5. The second-order valence-electron chi connectivity index (χ2n) is 9.38. The van der Waals surface area contributed by atoms with Crippen LogP contribution in [0.25, 0.3) is 12.2 Å². The Morgan fingerprint density at radius 1 is 1.09 bits per heavy atom. The molecule has 1 aromatic heterocycles. The zero-order valence-electron chi connectivity index (χ0n) is 19.9. The average molecular weight is 487 g/mol. The second kappa shape index (κ2) is 9.59. The predicted molar refractivity (Wildman–Crippen MR) is 137 cm³/mol. The van der Waals surface area contributed by atoms with Gasteiger partial charge in [0.1, 0.15) is 6.07 Å². The molecule has 1 aliphatic carbocycles. The van der Waals surface area contributed by atoms with Crippen LogP contribution in [0.3, 0.4) is 0 Å². The van der Waals surface area contributed by atoms with Gasteiger partial charge in [-0.1, -0.05) is 53.1 Å². The Kier molecular flexibility index (Phi) is 6.36. The van der Waals surface area contributed by atoms with Crippen molar-refractivity contribution in [2.45, 2.75) is 26.2 Å². The molecule has 0 N–H and O–H groups in total. The summed E-state index contributed by atoms with van der Waals surface area (Å²) < 4.78 is 5.92. The van der Waals surface area contributed by atoms with Crippen LogP contribution in [0, 0.1) is 31.1 Å². The van der Waals surface area contributed by atoms with Crippen molar-refractivity contribution < 1.29 is 9.21 Å². The number of rotatable bonds is 5. The maximum Gasteiger partial charge on any atom is 0.235 e. The third kappa shape index (κ3) is 5.11. The number of benzene rings is 2. The Hall–Kier alpha value is -3.56. The van der Waals surface area contributed by atoms with Crippen molar-refractivity contribution in [2.24, 2.45) is 5.92 Å². The Morgan fingerprint density at radius 2 is 1.77 bits per heavy atom. The van der Waals surface area contributed by atoms with E-state index in [1.54, 1.807) is 6.08 Å². The Bertz CT molecular complexity index is 1290. The minimum atomic E-state index is 0.0762. The Balaban J connectivity index is 1.20. The van der Waals surface area contributed by atoms with E-state index in [2.05, 4.69) is 43.1 Å². The summed E-state index contributed by atoms with van der Waals surface area (Å²) in [6.07, 6.45) is 4.53. The molecule has 1 saturated heterocycles. The van der Waals surface area contributed by atoms with E-state index in [0.717, 1.165) is 12.0 Å². The molecule has 2 aromatic carbocycles. The summed E-state index contributed by atoms with van der Waals surface area (Å²) >= 11 is 5.93. The van der Waals surface area contributed by atoms with Crippen LogP contribution in [0.5, 0.6) is 0 Å². The van der Waals surface area contributed by atoms with Crippen LogP contribution in [0.4, 0.5) is 5.88 Å². The van der Waals surface area contributed by atoms with Gasteiger partial charge in [0.25, 0.3) is 0 Å². The molecular formula is C28H27ClN4O2. The third-order valence-electron chi connectivity index (χ3n) is 6.68. The Labute approximate surface area is 210 Å². The fourth-order valence-corrected chi connectivity index (χ4v) is 4.98. The molecule has 3 aromatic rings.